The van der Waals surface area contributed by atoms with E-state index in [1.807, 2.05) is 70.3 Å². The molecule has 36 heavy (non-hydrogen) atoms. The van der Waals surface area contributed by atoms with E-state index in [0.717, 1.165) is 11.1 Å². The van der Waals surface area contributed by atoms with Crippen LogP contribution in [0.2, 0.25) is 18.1 Å². The number of carboxylic acid groups (broad SMARTS) is 2. The summed E-state index contributed by atoms with van der Waals surface area (Å²) in [6, 6.07) is 18.1. The van der Waals surface area contributed by atoms with E-state index in [1.165, 1.54) is 0 Å². The molecule has 0 aliphatic heterocycles. The largest absolute Gasteiger partial charge is 0.481 e. The molecule has 0 fully saturated rings. The Kier molecular flexibility index (Phi) is 10.6. The lowest BCUT2D eigenvalue weighted by atomic mass is 10.0. The Bertz CT molecular complexity index is 989. The van der Waals surface area contributed by atoms with Gasteiger partial charge in [0.05, 0.1) is 25.3 Å². The molecule has 2 rings (SSSR count). The summed E-state index contributed by atoms with van der Waals surface area (Å²) < 4.78 is 31.2. The van der Waals surface area contributed by atoms with Gasteiger partial charge in [-0.2, -0.15) is 0 Å². The Hall–Kier alpha value is -2.29. The fourth-order valence-electron chi connectivity index (χ4n) is 3.15. The highest BCUT2D eigenvalue weighted by atomic mass is 31.2. The van der Waals surface area contributed by atoms with Crippen LogP contribution in [0.5, 0.6) is 0 Å². The summed E-state index contributed by atoms with van der Waals surface area (Å²) in [7, 11) is -6.46. The van der Waals surface area contributed by atoms with Crippen molar-refractivity contribution in [3.05, 3.63) is 71.8 Å². The molecule has 0 amide bonds. The van der Waals surface area contributed by atoms with Gasteiger partial charge in [-0.05, 0) is 35.7 Å². The van der Waals surface area contributed by atoms with Crippen LogP contribution in [-0.4, -0.2) is 42.7 Å². The molecule has 2 atom stereocenters. The van der Waals surface area contributed by atoms with Gasteiger partial charge in [0.2, 0.25) is 0 Å². The molecule has 10 heteroatoms. The van der Waals surface area contributed by atoms with Gasteiger partial charge in [-0.3, -0.25) is 9.36 Å². The maximum Gasteiger partial charge on any atom is 0.332 e. The lowest BCUT2D eigenvalue weighted by molar-refractivity contribution is -0.148. The van der Waals surface area contributed by atoms with Crippen LogP contribution in [0.4, 0.5) is 0 Å². The maximum absolute atomic E-state index is 13.8. The standard InChI is InChI=1S/C26H37O8PSi/c1-26(2,3)36(4,5)34-23(25(29)30)16-22(24(27)28)19-35(31,32-17-20-12-8-6-9-13-20)33-18-21-14-10-7-11-15-21/h6-15,22-23H,16-19H2,1-5H3,(H,27,28)(H,29,30)/t22?,23-/m1/s1. The lowest BCUT2D eigenvalue weighted by Crippen LogP contribution is -2.47. The molecule has 0 radical (unpaired) electrons. The summed E-state index contributed by atoms with van der Waals surface area (Å²) in [6.45, 7) is 9.62. The molecule has 0 bridgehead atoms. The normalized spacial score (nSPS) is 14.2. The van der Waals surface area contributed by atoms with Crippen molar-refractivity contribution >= 4 is 27.9 Å². The van der Waals surface area contributed by atoms with Crippen LogP contribution < -0.4 is 0 Å². The first-order valence-corrected chi connectivity index (χ1v) is 16.5. The molecule has 0 aromatic heterocycles. The Labute approximate surface area is 214 Å². The van der Waals surface area contributed by atoms with Crippen molar-refractivity contribution in [2.45, 2.75) is 64.6 Å². The highest BCUT2D eigenvalue weighted by Gasteiger charge is 2.43. The average Bonchev–Trinajstić information content (AvgIpc) is 2.81. The molecule has 0 saturated carbocycles. The lowest BCUT2D eigenvalue weighted by Gasteiger charge is -2.38. The van der Waals surface area contributed by atoms with Crippen LogP contribution in [0.15, 0.2) is 60.7 Å². The first-order chi connectivity index (χ1) is 16.7. The third kappa shape index (κ3) is 9.30. The Morgan fingerprint density at radius 3 is 1.67 bits per heavy atom. The second-order valence-corrected chi connectivity index (χ2v) is 17.1. The molecule has 0 saturated heterocycles. The smallest absolute Gasteiger partial charge is 0.332 e. The SMILES string of the molecule is CC(C)(C)[Si](C)(C)O[C@H](CC(CP(=O)(OCc1ccccc1)OCc1ccccc1)C(=O)O)C(=O)O. The van der Waals surface area contributed by atoms with Gasteiger partial charge in [-0.15, -0.1) is 0 Å². The van der Waals surface area contributed by atoms with Crippen LogP contribution in [0, 0.1) is 5.92 Å². The molecule has 2 N–H and O–H groups in total. The molecule has 0 aliphatic carbocycles. The van der Waals surface area contributed by atoms with Crippen LogP contribution in [0.1, 0.15) is 38.3 Å². The summed E-state index contributed by atoms with van der Waals surface area (Å²) in [5, 5.41) is 19.5. The van der Waals surface area contributed by atoms with Gasteiger partial charge in [0.15, 0.2) is 8.32 Å². The number of rotatable bonds is 14. The van der Waals surface area contributed by atoms with Gasteiger partial charge in [0.1, 0.15) is 6.10 Å². The first-order valence-electron chi connectivity index (χ1n) is 11.8. The monoisotopic (exact) mass is 536 g/mol. The van der Waals surface area contributed by atoms with Crippen molar-refractivity contribution in [1.29, 1.82) is 0 Å². The van der Waals surface area contributed by atoms with Gasteiger partial charge in [-0.25, -0.2) is 4.79 Å². The minimum Gasteiger partial charge on any atom is -0.481 e. The van der Waals surface area contributed by atoms with Crippen molar-refractivity contribution in [2.75, 3.05) is 6.16 Å². The van der Waals surface area contributed by atoms with Crippen molar-refractivity contribution < 1.29 is 37.8 Å². The molecular weight excluding hydrogens is 499 g/mol. The molecule has 2 aromatic rings. The summed E-state index contributed by atoms with van der Waals surface area (Å²) in [6.07, 6.45) is -2.19. The quantitative estimate of drug-likeness (QED) is 0.217. The zero-order chi connectivity index (χ0) is 27.0. The van der Waals surface area contributed by atoms with E-state index in [1.54, 1.807) is 24.3 Å². The topological polar surface area (TPSA) is 119 Å². The Morgan fingerprint density at radius 1 is 0.861 bits per heavy atom. The Morgan fingerprint density at radius 2 is 1.31 bits per heavy atom. The van der Waals surface area contributed by atoms with Crippen molar-refractivity contribution in [1.82, 2.24) is 0 Å². The third-order valence-corrected chi connectivity index (χ3v) is 12.8. The number of carbonyl (C=O) groups is 2. The number of aliphatic carboxylic acids is 2. The molecular formula is C26H37O8PSi. The zero-order valence-electron chi connectivity index (χ0n) is 21.5. The highest BCUT2D eigenvalue weighted by molar-refractivity contribution is 7.53. The van der Waals surface area contributed by atoms with Crippen molar-refractivity contribution in [2.24, 2.45) is 5.92 Å². The van der Waals surface area contributed by atoms with Crippen molar-refractivity contribution in [3.63, 3.8) is 0 Å². The number of carboxylic acids is 2. The van der Waals surface area contributed by atoms with Crippen LogP contribution >= 0.6 is 7.60 Å². The second-order valence-electron chi connectivity index (χ2n) is 10.3. The van der Waals surface area contributed by atoms with E-state index in [-0.39, 0.29) is 24.7 Å². The molecule has 198 valence electrons. The van der Waals surface area contributed by atoms with E-state index < -0.39 is 46.0 Å². The third-order valence-electron chi connectivity index (χ3n) is 6.35. The number of hydrogen-bond acceptors (Lipinski definition) is 6. The van der Waals surface area contributed by atoms with E-state index in [9.17, 15) is 24.4 Å². The van der Waals surface area contributed by atoms with Gasteiger partial charge >= 0.3 is 19.5 Å². The van der Waals surface area contributed by atoms with Crippen LogP contribution in [-0.2, 0) is 40.8 Å². The predicted octanol–water partition coefficient (Wildman–Crippen LogP) is 6.18. The summed E-state index contributed by atoms with van der Waals surface area (Å²) >= 11 is 0. The van der Waals surface area contributed by atoms with Gasteiger partial charge in [0.25, 0.3) is 0 Å². The first kappa shape index (κ1) is 29.9. The van der Waals surface area contributed by atoms with Gasteiger partial charge < -0.3 is 23.7 Å². The molecule has 2 aromatic carbocycles. The van der Waals surface area contributed by atoms with Crippen molar-refractivity contribution in [3.8, 4) is 0 Å². The summed E-state index contributed by atoms with van der Waals surface area (Å²) in [4.78, 5) is 24.2. The highest BCUT2D eigenvalue weighted by Crippen LogP contribution is 2.52. The minimum absolute atomic E-state index is 0.0396. The molecule has 0 heterocycles. The van der Waals surface area contributed by atoms with E-state index in [0.29, 0.717) is 0 Å². The van der Waals surface area contributed by atoms with E-state index in [2.05, 4.69) is 0 Å². The fraction of sp³-hybridized carbons (Fsp3) is 0.462. The number of benzene rings is 2. The van der Waals surface area contributed by atoms with E-state index >= 15 is 0 Å². The summed E-state index contributed by atoms with van der Waals surface area (Å²) in [5.74, 6) is -3.85. The molecule has 1 unspecified atom stereocenters. The van der Waals surface area contributed by atoms with Gasteiger partial charge in [-0.1, -0.05) is 81.4 Å². The summed E-state index contributed by atoms with van der Waals surface area (Å²) in [5.41, 5.74) is 1.50. The molecule has 0 aliphatic rings. The Balaban J connectivity index is 2.25. The fourth-order valence-corrected chi connectivity index (χ4v) is 6.23. The average molecular weight is 537 g/mol. The minimum atomic E-state index is -3.95. The zero-order valence-corrected chi connectivity index (χ0v) is 23.4. The molecule has 0 spiro atoms. The molecule has 8 nitrogen and oxygen atoms in total. The van der Waals surface area contributed by atoms with Crippen LogP contribution in [0.25, 0.3) is 0 Å². The van der Waals surface area contributed by atoms with Crippen LogP contribution in [0.3, 0.4) is 0 Å². The maximum atomic E-state index is 13.8. The van der Waals surface area contributed by atoms with Gasteiger partial charge in [0, 0.05) is 0 Å². The van der Waals surface area contributed by atoms with E-state index in [4.69, 9.17) is 13.5 Å². The predicted molar refractivity (Wildman–Crippen MR) is 140 cm³/mol. The second kappa shape index (κ2) is 12.8. The number of hydrogen-bond donors (Lipinski definition) is 2.